The van der Waals surface area contributed by atoms with E-state index in [2.05, 4.69) is 10.5 Å². The van der Waals surface area contributed by atoms with Gasteiger partial charge in [0, 0.05) is 19.6 Å². The van der Waals surface area contributed by atoms with Crippen LogP contribution in [0.15, 0.2) is 10.7 Å². The molecule has 1 unspecified atom stereocenters. The van der Waals surface area contributed by atoms with E-state index < -0.39 is 12.0 Å². The zero-order valence-electron chi connectivity index (χ0n) is 9.34. The summed E-state index contributed by atoms with van der Waals surface area (Å²) in [6.07, 6.45) is 1.32. The molecule has 0 aliphatic carbocycles. The maximum absolute atomic E-state index is 12.1. The van der Waals surface area contributed by atoms with E-state index in [1.165, 1.54) is 11.1 Å². The molecule has 1 aromatic rings. The Labute approximate surface area is 97.4 Å². The number of rotatable bonds is 2. The molecule has 7 heteroatoms. The first-order valence-corrected chi connectivity index (χ1v) is 5.27. The van der Waals surface area contributed by atoms with Crippen LogP contribution in [0.25, 0.3) is 0 Å². The zero-order chi connectivity index (χ0) is 12.4. The van der Waals surface area contributed by atoms with Crippen LogP contribution in [-0.4, -0.2) is 52.7 Å². The molecule has 7 nitrogen and oxygen atoms in total. The molecule has 2 heterocycles. The molecule has 1 amide bonds. The molecule has 92 valence electrons. The number of nitrogens with zero attached hydrogens (tertiary/aromatic N) is 2. The van der Waals surface area contributed by atoms with Crippen molar-refractivity contribution in [1.82, 2.24) is 15.4 Å². The Balaban J connectivity index is 2.23. The Morgan fingerprint density at radius 3 is 3.00 bits per heavy atom. The van der Waals surface area contributed by atoms with Crippen molar-refractivity contribution >= 4 is 11.9 Å². The van der Waals surface area contributed by atoms with E-state index in [0.29, 0.717) is 24.4 Å². The van der Waals surface area contributed by atoms with E-state index in [4.69, 9.17) is 9.63 Å². The van der Waals surface area contributed by atoms with Crippen molar-refractivity contribution in [1.29, 1.82) is 0 Å². The molecule has 1 atom stereocenters. The maximum atomic E-state index is 12.1. The fraction of sp³-hybridized carbons (Fsp3) is 0.500. The van der Waals surface area contributed by atoms with Crippen LogP contribution in [-0.2, 0) is 4.79 Å². The molecular formula is C10H13N3O4. The minimum atomic E-state index is -1.01. The van der Waals surface area contributed by atoms with Gasteiger partial charge in [-0.25, -0.2) is 4.79 Å². The van der Waals surface area contributed by atoms with Crippen LogP contribution in [0.3, 0.4) is 0 Å². The topological polar surface area (TPSA) is 95.7 Å². The van der Waals surface area contributed by atoms with Crippen molar-refractivity contribution in [2.75, 3.05) is 19.6 Å². The lowest BCUT2D eigenvalue weighted by Crippen LogP contribution is -2.57. The molecule has 1 fully saturated rings. The number of carbonyl (C=O) groups excluding carboxylic acids is 1. The monoisotopic (exact) mass is 239 g/mol. The lowest BCUT2D eigenvalue weighted by atomic mass is 10.1. The Morgan fingerprint density at radius 2 is 2.41 bits per heavy atom. The number of aromatic nitrogens is 1. The van der Waals surface area contributed by atoms with Crippen molar-refractivity contribution in [3.8, 4) is 0 Å². The quantitative estimate of drug-likeness (QED) is 0.721. The van der Waals surface area contributed by atoms with Crippen LogP contribution in [0.5, 0.6) is 0 Å². The third-order valence-electron chi connectivity index (χ3n) is 2.77. The number of aryl methyl sites for hydroxylation is 1. The average Bonchev–Trinajstić information content (AvgIpc) is 2.74. The third-order valence-corrected chi connectivity index (χ3v) is 2.77. The highest BCUT2D eigenvalue weighted by atomic mass is 16.5. The second-order valence-electron chi connectivity index (χ2n) is 3.85. The van der Waals surface area contributed by atoms with Crippen LogP contribution < -0.4 is 5.32 Å². The molecule has 0 aromatic carbocycles. The number of nitrogens with one attached hydrogen (secondary N) is 1. The predicted octanol–water partition coefficient (Wildman–Crippen LogP) is -0.518. The Morgan fingerprint density at radius 1 is 1.65 bits per heavy atom. The van der Waals surface area contributed by atoms with Crippen LogP contribution >= 0.6 is 0 Å². The number of carbonyl (C=O) groups is 2. The Hall–Kier alpha value is -1.89. The molecule has 17 heavy (non-hydrogen) atoms. The summed E-state index contributed by atoms with van der Waals surface area (Å²) < 4.78 is 4.81. The van der Waals surface area contributed by atoms with Crippen molar-refractivity contribution in [2.45, 2.75) is 13.0 Å². The molecule has 2 N–H and O–H groups in total. The zero-order valence-corrected chi connectivity index (χ0v) is 9.34. The first-order chi connectivity index (χ1) is 8.11. The molecular weight excluding hydrogens is 226 g/mol. The fourth-order valence-electron chi connectivity index (χ4n) is 1.83. The summed E-state index contributed by atoms with van der Waals surface area (Å²) in [6, 6.07) is -0.842. The number of aliphatic carboxylic acids is 1. The minimum absolute atomic E-state index is 0.255. The summed E-state index contributed by atoms with van der Waals surface area (Å²) >= 11 is 0. The average molecular weight is 239 g/mol. The Kier molecular flexibility index (Phi) is 3.10. The largest absolute Gasteiger partial charge is 0.480 e. The minimum Gasteiger partial charge on any atom is -0.480 e. The van der Waals surface area contributed by atoms with E-state index in [-0.39, 0.29) is 12.5 Å². The van der Waals surface area contributed by atoms with E-state index >= 15 is 0 Å². The van der Waals surface area contributed by atoms with E-state index in [1.807, 2.05) is 0 Å². The van der Waals surface area contributed by atoms with Crippen molar-refractivity contribution in [3.63, 3.8) is 0 Å². The van der Waals surface area contributed by atoms with Gasteiger partial charge in [-0.1, -0.05) is 5.16 Å². The van der Waals surface area contributed by atoms with E-state index in [1.54, 1.807) is 6.92 Å². The molecule has 0 saturated carbocycles. The first kappa shape index (κ1) is 11.6. The molecule has 1 aliphatic heterocycles. The van der Waals surface area contributed by atoms with Gasteiger partial charge < -0.3 is 19.8 Å². The standard InChI is InChI=1S/C10H13N3O4/c1-6-7(4-12-17-6)9(14)13-3-2-11-5-8(13)10(15)16/h4,8,11H,2-3,5H2,1H3,(H,15,16). The molecule has 1 saturated heterocycles. The summed E-state index contributed by atoms with van der Waals surface area (Å²) in [6.45, 7) is 2.82. The molecule has 0 radical (unpaired) electrons. The highest BCUT2D eigenvalue weighted by molar-refractivity contribution is 5.97. The van der Waals surface area contributed by atoms with Crippen LogP contribution in [0.2, 0.25) is 0 Å². The van der Waals surface area contributed by atoms with Gasteiger partial charge in [0.1, 0.15) is 17.4 Å². The van der Waals surface area contributed by atoms with Gasteiger partial charge in [-0.05, 0) is 6.92 Å². The summed E-state index contributed by atoms with van der Waals surface area (Å²) in [5.74, 6) is -0.963. The number of hydrogen-bond donors (Lipinski definition) is 2. The normalized spacial score (nSPS) is 20.3. The summed E-state index contributed by atoms with van der Waals surface area (Å²) in [7, 11) is 0. The summed E-state index contributed by atoms with van der Waals surface area (Å²) in [5, 5.41) is 15.5. The van der Waals surface area contributed by atoms with Crippen molar-refractivity contribution in [3.05, 3.63) is 17.5 Å². The van der Waals surface area contributed by atoms with Crippen LogP contribution in [0.4, 0.5) is 0 Å². The van der Waals surface area contributed by atoms with Gasteiger partial charge in [0.2, 0.25) is 0 Å². The lowest BCUT2D eigenvalue weighted by Gasteiger charge is -2.33. The first-order valence-electron chi connectivity index (χ1n) is 5.27. The smallest absolute Gasteiger partial charge is 0.327 e. The maximum Gasteiger partial charge on any atom is 0.327 e. The number of amides is 1. The second kappa shape index (κ2) is 4.54. The molecule has 0 bridgehead atoms. The van der Waals surface area contributed by atoms with Gasteiger partial charge >= 0.3 is 5.97 Å². The second-order valence-corrected chi connectivity index (χ2v) is 3.85. The fourth-order valence-corrected chi connectivity index (χ4v) is 1.83. The van der Waals surface area contributed by atoms with Gasteiger partial charge in [0.25, 0.3) is 5.91 Å². The van der Waals surface area contributed by atoms with Crippen molar-refractivity contribution < 1.29 is 19.2 Å². The predicted molar refractivity (Wildman–Crippen MR) is 56.6 cm³/mol. The molecule has 1 aromatic heterocycles. The van der Waals surface area contributed by atoms with Crippen LogP contribution in [0.1, 0.15) is 16.1 Å². The Bertz CT molecular complexity index is 443. The molecule has 0 spiro atoms. The number of piperazine rings is 1. The lowest BCUT2D eigenvalue weighted by molar-refractivity contribution is -0.142. The van der Waals surface area contributed by atoms with E-state index in [9.17, 15) is 9.59 Å². The number of carboxylic acids is 1. The van der Waals surface area contributed by atoms with Crippen LogP contribution in [0, 0.1) is 6.92 Å². The summed E-state index contributed by atoms with van der Waals surface area (Å²) in [4.78, 5) is 24.5. The molecule has 1 aliphatic rings. The molecule has 2 rings (SSSR count). The van der Waals surface area contributed by atoms with E-state index in [0.717, 1.165) is 0 Å². The van der Waals surface area contributed by atoms with Gasteiger partial charge in [-0.2, -0.15) is 0 Å². The van der Waals surface area contributed by atoms with Gasteiger partial charge in [-0.3, -0.25) is 4.79 Å². The number of hydrogen-bond acceptors (Lipinski definition) is 5. The van der Waals surface area contributed by atoms with Gasteiger partial charge in [0.05, 0.1) is 6.20 Å². The van der Waals surface area contributed by atoms with Crippen molar-refractivity contribution in [2.24, 2.45) is 0 Å². The highest BCUT2D eigenvalue weighted by Gasteiger charge is 2.33. The SMILES string of the molecule is Cc1oncc1C(=O)N1CCNCC1C(=O)O. The van der Waals surface area contributed by atoms with Gasteiger partial charge in [-0.15, -0.1) is 0 Å². The number of carboxylic acid groups (broad SMARTS) is 1. The van der Waals surface area contributed by atoms with Gasteiger partial charge in [0.15, 0.2) is 0 Å². The highest BCUT2D eigenvalue weighted by Crippen LogP contribution is 2.13. The summed E-state index contributed by atoms with van der Waals surface area (Å²) in [5.41, 5.74) is 0.318. The third kappa shape index (κ3) is 2.14.